The van der Waals surface area contributed by atoms with E-state index in [1.54, 1.807) is 24.3 Å². The van der Waals surface area contributed by atoms with E-state index in [0.717, 1.165) is 36.7 Å². The largest absolute Gasteiger partial charge is 0.435 e. The number of hydrogen-bond acceptors (Lipinski definition) is 3. The summed E-state index contributed by atoms with van der Waals surface area (Å²) in [7, 11) is 0. The fourth-order valence-electron chi connectivity index (χ4n) is 4.00. The Hall–Kier alpha value is -2.35. The Morgan fingerprint density at radius 3 is 2.44 bits per heavy atom. The van der Waals surface area contributed by atoms with Crippen molar-refractivity contribution in [2.24, 2.45) is 11.8 Å². The second kappa shape index (κ2) is 6.99. The summed E-state index contributed by atoms with van der Waals surface area (Å²) in [6.45, 7) is 3.46. The first-order chi connectivity index (χ1) is 12.9. The third-order valence-electron chi connectivity index (χ3n) is 5.54. The number of aromatic nitrogens is 2. The summed E-state index contributed by atoms with van der Waals surface area (Å²) in [5.74, 6) is 1.17. The number of fused-ring (bicyclic) bond motifs is 1. The van der Waals surface area contributed by atoms with Crippen LogP contribution in [0.25, 0.3) is 5.69 Å². The van der Waals surface area contributed by atoms with Crippen molar-refractivity contribution in [1.29, 1.82) is 0 Å². The molecule has 0 spiro atoms. The number of rotatable bonds is 2. The lowest BCUT2D eigenvalue weighted by molar-refractivity contribution is -0.141. The average Bonchev–Trinajstić information content (AvgIpc) is 3.27. The van der Waals surface area contributed by atoms with Gasteiger partial charge >= 0.3 is 6.18 Å². The number of hydrogen-bond donors (Lipinski definition) is 1. The third kappa shape index (κ3) is 3.71. The van der Waals surface area contributed by atoms with Crippen molar-refractivity contribution >= 4 is 5.91 Å². The molecule has 2 aliphatic heterocycles. The van der Waals surface area contributed by atoms with E-state index < -0.39 is 11.9 Å². The monoisotopic (exact) mass is 378 g/mol. The number of halogens is 3. The van der Waals surface area contributed by atoms with Gasteiger partial charge in [-0.2, -0.15) is 18.3 Å². The molecule has 0 unspecified atom stereocenters. The molecule has 1 amide bonds. The van der Waals surface area contributed by atoms with Gasteiger partial charge in [0.1, 0.15) is 0 Å². The number of benzene rings is 1. The summed E-state index contributed by atoms with van der Waals surface area (Å²) in [4.78, 5) is 14.8. The van der Waals surface area contributed by atoms with Crippen LogP contribution in [0.15, 0.2) is 36.5 Å². The number of carbonyl (C=O) groups excluding carboxylic acids is 1. The number of nitrogens with zero attached hydrogens (tertiary/aromatic N) is 3. The lowest BCUT2D eigenvalue weighted by atomic mass is 9.92. The summed E-state index contributed by atoms with van der Waals surface area (Å²) >= 11 is 0. The minimum atomic E-state index is -4.49. The molecule has 1 aromatic carbocycles. The number of likely N-dealkylation sites (tertiary alicyclic amines) is 1. The Morgan fingerprint density at radius 2 is 1.81 bits per heavy atom. The van der Waals surface area contributed by atoms with Crippen LogP contribution in [0, 0.1) is 11.8 Å². The Kier molecular flexibility index (Phi) is 4.67. The van der Waals surface area contributed by atoms with E-state index in [0.29, 0.717) is 36.2 Å². The lowest BCUT2D eigenvalue weighted by Gasteiger charge is -2.21. The number of carbonyl (C=O) groups is 1. The highest BCUT2D eigenvalue weighted by Gasteiger charge is 2.34. The molecule has 0 bridgehead atoms. The van der Waals surface area contributed by atoms with Gasteiger partial charge < -0.3 is 10.2 Å². The highest BCUT2D eigenvalue weighted by atomic mass is 19.4. The quantitative estimate of drug-likeness (QED) is 0.874. The first-order valence-electron chi connectivity index (χ1n) is 9.15. The van der Waals surface area contributed by atoms with Gasteiger partial charge in [0.2, 0.25) is 0 Å². The van der Waals surface area contributed by atoms with Crippen LogP contribution in [0.2, 0.25) is 0 Å². The summed E-state index contributed by atoms with van der Waals surface area (Å²) in [5, 5.41) is 6.99. The molecule has 2 aliphatic rings. The minimum absolute atomic E-state index is 0.0759. The molecule has 27 heavy (non-hydrogen) atoms. The predicted octanol–water partition coefficient (Wildman–Crippen LogP) is 2.96. The fraction of sp³-hybridized carbons (Fsp3) is 0.474. The molecule has 2 atom stereocenters. The van der Waals surface area contributed by atoms with Gasteiger partial charge in [0.15, 0.2) is 5.69 Å². The van der Waals surface area contributed by atoms with Gasteiger partial charge in [-0.05, 0) is 62.0 Å². The zero-order valence-corrected chi connectivity index (χ0v) is 14.7. The molecular weight excluding hydrogens is 357 g/mol. The van der Waals surface area contributed by atoms with E-state index in [4.69, 9.17) is 0 Å². The van der Waals surface area contributed by atoms with E-state index in [1.165, 1.54) is 6.20 Å². The normalized spacial score (nSPS) is 23.1. The maximum Gasteiger partial charge on any atom is 0.435 e. The first kappa shape index (κ1) is 18.0. The lowest BCUT2D eigenvalue weighted by Crippen LogP contribution is -2.32. The molecule has 1 N–H and O–H groups in total. The van der Waals surface area contributed by atoms with Crippen molar-refractivity contribution in [2.45, 2.75) is 19.0 Å². The van der Waals surface area contributed by atoms with Gasteiger partial charge in [0, 0.05) is 24.8 Å². The first-order valence-corrected chi connectivity index (χ1v) is 9.15. The predicted molar refractivity (Wildman–Crippen MR) is 93.6 cm³/mol. The molecular formula is C19H21F3N4O. The topological polar surface area (TPSA) is 50.2 Å². The molecule has 144 valence electrons. The van der Waals surface area contributed by atoms with Crippen molar-refractivity contribution in [2.75, 3.05) is 26.2 Å². The smallest absolute Gasteiger partial charge is 0.339 e. The van der Waals surface area contributed by atoms with Gasteiger partial charge in [-0.25, -0.2) is 4.68 Å². The number of alkyl halides is 3. The molecule has 2 aromatic rings. The standard InChI is InChI=1S/C19H21F3N4O/c20-19(21,22)17-6-9-26(24-17)16-3-1-2-13(10-16)18(27)25-7-4-14-11-23-12-15(14)5-8-25/h1-3,6,9-10,14-15,23H,4-5,7-8,11-12H2/t14-,15+. The molecule has 4 rings (SSSR count). The summed E-state index contributed by atoms with van der Waals surface area (Å²) in [6, 6.07) is 7.54. The molecule has 0 radical (unpaired) electrons. The van der Waals surface area contributed by atoms with Gasteiger partial charge in [-0.3, -0.25) is 4.79 Å². The van der Waals surface area contributed by atoms with Crippen molar-refractivity contribution < 1.29 is 18.0 Å². The second-order valence-electron chi connectivity index (χ2n) is 7.24. The molecule has 8 heteroatoms. The van der Waals surface area contributed by atoms with Crippen LogP contribution in [0.1, 0.15) is 28.9 Å². The van der Waals surface area contributed by atoms with Gasteiger partial charge in [-0.1, -0.05) is 6.07 Å². The van der Waals surface area contributed by atoms with E-state index >= 15 is 0 Å². The van der Waals surface area contributed by atoms with Crippen LogP contribution in [-0.2, 0) is 6.18 Å². The molecule has 2 saturated heterocycles. The highest BCUT2D eigenvalue weighted by molar-refractivity contribution is 5.94. The van der Waals surface area contributed by atoms with Crippen LogP contribution in [0.4, 0.5) is 13.2 Å². The second-order valence-corrected chi connectivity index (χ2v) is 7.24. The van der Waals surface area contributed by atoms with Crippen LogP contribution < -0.4 is 5.32 Å². The Morgan fingerprint density at radius 1 is 1.11 bits per heavy atom. The Bertz CT molecular complexity index is 818. The van der Waals surface area contributed by atoms with Gasteiger partial charge in [0.25, 0.3) is 5.91 Å². The number of amides is 1. The fourth-order valence-corrected chi connectivity index (χ4v) is 4.00. The highest BCUT2D eigenvalue weighted by Crippen LogP contribution is 2.29. The van der Waals surface area contributed by atoms with Crippen molar-refractivity contribution in [3.05, 3.63) is 47.8 Å². The molecule has 2 fully saturated rings. The maximum atomic E-state index is 12.9. The van der Waals surface area contributed by atoms with E-state index in [1.807, 2.05) is 4.90 Å². The summed E-state index contributed by atoms with van der Waals surface area (Å²) in [5.41, 5.74) is -0.0409. The molecule has 0 saturated carbocycles. The summed E-state index contributed by atoms with van der Waals surface area (Å²) in [6.07, 6.45) is -1.27. The summed E-state index contributed by atoms with van der Waals surface area (Å²) < 4.78 is 39.4. The third-order valence-corrected chi connectivity index (χ3v) is 5.54. The van der Waals surface area contributed by atoms with E-state index in [2.05, 4.69) is 10.4 Å². The van der Waals surface area contributed by atoms with Gasteiger partial charge in [0.05, 0.1) is 5.69 Å². The van der Waals surface area contributed by atoms with Crippen molar-refractivity contribution in [3.8, 4) is 5.69 Å². The minimum Gasteiger partial charge on any atom is -0.339 e. The molecule has 1 aromatic heterocycles. The number of nitrogens with one attached hydrogen (secondary N) is 1. The molecule has 3 heterocycles. The van der Waals surface area contributed by atoms with Crippen molar-refractivity contribution in [3.63, 3.8) is 0 Å². The van der Waals surface area contributed by atoms with Crippen LogP contribution in [0.5, 0.6) is 0 Å². The Labute approximate surface area is 155 Å². The Balaban J connectivity index is 1.52. The van der Waals surface area contributed by atoms with E-state index in [9.17, 15) is 18.0 Å². The van der Waals surface area contributed by atoms with Gasteiger partial charge in [-0.15, -0.1) is 0 Å². The zero-order chi connectivity index (χ0) is 19.0. The average molecular weight is 378 g/mol. The van der Waals surface area contributed by atoms with Crippen LogP contribution in [-0.4, -0.2) is 46.8 Å². The molecule has 0 aliphatic carbocycles. The van der Waals surface area contributed by atoms with Crippen LogP contribution in [0.3, 0.4) is 0 Å². The van der Waals surface area contributed by atoms with Crippen molar-refractivity contribution in [1.82, 2.24) is 20.0 Å². The maximum absolute atomic E-state index is 12.9. The van der Waals surface area contributed by atoms with Crippen LogP contribution >= 0.6 is 0 Å². The SMILES string of the molecule is O=C(c1cccc(-n2ccc(C(F)(F)F)n2)c1)N1CC[C@@H]2CNC[C@@H]2CC1. The zero-order valence-electron chi connectivity index (χ0n) is 14.7. The molecule has 5 nitrogen and oxygen atoms in total. The van der Waals surface area contributed by atoms with E-state index in [-0.39, 0.29) is 5.91 Å².